The number of rotatable bonds is 7. The normalized spacial score (nSPS) is 10.3. The van der Waals surface area contributed by atoms with Gasteiger partial charge in [0.15, 0.2) is 5.75 Å². The predicted molar refractivity (Wildman–Crippen MR) is 102 cm³/mol. The quantitative estimate of drug-likeness (QED) is 0.437. The minimum Gasteiger partial charge on any atom is -0.487 e. The number of nitrogens with zero attached hydrogens (tertiary/aromatic N) is 2. The van der Waals surface area contributed by atoms with Crippen molar-refractivity contribution in [1.29, 1.82) is 0 Å². The molecule has 0 saturated carbocycles. The van der Waals surface area contributed by atoms with Gasteiger partial charge in [0.1, 0.15) is 5.60 Å². The summed E-state index contributed by atoms with van der Waals surface area (Å²) in [6.45, 7) is 9.78. The van der Waals surface area contributed by atoms with Gasteiger partial charge in [0.25, 0.3) is 0 Å². The Labute approximate surface area is 159 Å². The number of hydrogen-bond acceptors (Lipinski definition) is 6. The topological polar surface area (TPSA) is 125 Å². The summed E-state index contributed by atoms with van der Waals surface area (Å²) in [6, 6.07) is 3.67. The molecule has 0 spiro atoms. The molecule has 9 heteroatoms. The van der Waals surface area contributed by atoms with E-state index in [9.17, 15) is 19.7 Å². The van der Waals surface area contributed by atoms with Crippen LogP contribution >= 0.6 is 0 Å². The number of amides is 2. The maximum absolute atomic E-state index is 11.8. The van der Waals surface area contributed by atoms with E-state index < -0.39 is 22.5 Å². The van der Waals surface area contributed by atoms with E-state index in [0.717, 1.165) is 0 Å². The van der Waals surface area contributed by atoms with Crippen molar-refractivity contribution in [2.24, 2.45) is 5.73 Å². The molecule has 1 aromatic carbocycles. The van der Waals surface area contributed by atoms with E-state index in [0.29, 0.717) is 13.0 Å². The number of hydrogen-bond donors (Lipinski definition) is 1. The Morgan fingerprint density at radius 3 is 2.33 bits per heavy atom. The first-order valence-corrected chi connectivity index (χ1v) is 8.66. The Kier molecular flexibility index (Phi) is 9.84. The fraction of sp³-hybridized carbons (Fsp3) is 0.556. The maximum Gasteiger partial charge on any atom is 0.410 e. The summed E-state index contributed by atoms with van der Waals surface area (Å²) < 4.78 is 10.6. The van der Waals surface area contributed by atoms with Crippen LogP contribution < -0.4 is 10.5 Å². The lowest BCUT2D eigenvalue weighted by molar-refractivity contribution is -0.385. The molecule has 0 aliphatic heterocycles. The second kappa shape index (κ2) is 11.0. The zero-order valence-corrected chi connectivity index (χ0v) is 16.8. The van der Waals surface area contributed by atoms with Crippen LogP contribution in [0.2, 0.25) is 0 Å². The van der Waals surface area contributed by atoms with E-state index in [1.165, 1.54) is 23.1 Å². The standard InChI is InChI=1S/C16H23N3O6.C2H6/c1-16(2,3)25-15(21)18(4)8-5-9-24-13-10-11(14(17)20)6-7-12(13)19(22)23;1-2/h6-7,10H,5,8-9H2,1-4H3,(H2,17,20);1-2H3. The number of nitro benzene ring substituents is 1. The monoisotopic (exact) mass is 383 g/mol. The van der Waals surface area contributed by atoms with Gasteiger partial charge in [0.2, 0.25) is 5.91 Å². The molecule has 0 bridgehead atoms. The van der Waals surface area contributed by atoms with E-state index in [-0.39, 0.29) is 23.6 Å². The van der Waals surface area contributed by atoms with Gasteiger partial charge in [-0.3, -0.25) is 14.9 Å². The van der Waals surface area contributed by atoms with Gasteiger partial charge in [-0.2, -0.15) is 0 Å². The third kappa shape index (κ3) is 8.89. The highest BCUT2D eigenvalue weighted by Gasteiger charge is 2.20. The second-order valence-corrected chi connectivity index (χ2v) is 6.41. The summed E-state index contributed by atoms with van der Waals surface area (Å²) in [5, 5.41) is 11.0. The average Bonchev–Trinajstić information content (AvgIpc) is 2.58. The molecule has 27 heavy (non-hydrogen) atoms. The number of nitro groups is 1. The van der Waals surface area contributed by atoms with Gasteiger partial charge in [-0.1, -0.05) is 13.8 Å². The first kappa shape index (κ1) is 24.2. The van der Waals surface area contributed by atoms with Crippen LogP contribution in [0.4, 0.5) is 10.5 Å². The van der Waals surface area contributed by atoms with Crippen molar-refractivity contribution in [3.05, 3.63) is 33.9 Å². The van der Waals surface area contributed by atoms with E-state index in [1.807, 2.05) is 13.8 Å². The minimum absolute atomic E-state index is 0.0405. The van der Waals surface area contributed by atoms with Gasteiger partial charge < -0.3 is 20.1 Å². The molecule has 9 nitrogen and oxygen atoms in total. The third-order valence-corrected chi connectivity index (χ3v) is 3.04. The lowest BCUT2D eigenvalue weighted by atomic mass is 10.2. The fourth-order valence-electron chi connectivity index (χ4n) is 1.85. The molecule has 1 rings (SSSR count). The van der Waals surface area contributed by atoms with Crippen molar-refractivity contribution in [3.63, 3.8) is 0 Å². The number of nitrogens with two attached hydrogens (primary N) is 1. The molecular formula is C18H29N3O6. The summed E-state index contributed by atoms with van der Waals surface area (Å²) in [5.41, 5.74) is 4.44. The summed E-state index contributed by atoms with van der Waals surface area (Å²) in [4.78, 5) is 34.8. The number of carbonyl (C=O) groups is 2. The molecule has 0 radical (unpaired) electrons. The van der Waals surface area contributed by atoms with Crippen LogP contribution in [0, 0.1) is 10.1 Å². The van der Waals surface area contributed by atoms with Crippen LogP contribution in [0.3, 0.4) is 0 Å². The van der Waals surface area contributed by atoms with Crippen LogP contribution in [0.15, 0.2) is 18.2 Å². The van der Waals surface area contributed by atoms with Crippen molar-refractivity contribution in [2.45, 2.75) is 46.6 Å². The van der Waals surface area contributed by atoms with Gasteiger partial charge >= 0.3 is 11.8 Å². The molecule has 1 aromatic rings. The zero-order valence-electron chi connectivity index (χ0n) is 16.8. The Hall–Kier alpha value is -2.84. The van der Waals surface area contributed by atoms with Crippen molar-refractivity contribution < 1.29 is 24.0 Å². The van der Waals surface area contributed by atoms with Crippen LogP contribution in [-0.4, -0.2) is 47.6 Å². The van der Waals surface area contributed by atoms with Gasteiger partial charge in [-0.05, 0) is 33.3 Å². The van der Waals surface area contributed by atoms with Gasteiger partial charge in [-0.15, -0.1) is 0 Å². The second-order valence-electron chi connectivity index (χ2n) is 6.41. The lowest BCUT2D eigenvalue weighted by Crippen LogP contribution is -2.35. The van der Waals surface area contributed by atoms with E-state index in [4.69, 9.17) is 15.2 Å². The summed E-state index contributed by atoms with van der Waals surface area (Å²) in [5.74, 6) is -0.745. The van der Waals surface area contributed by atoms with Crippen LogP contribution in [0.25, 0.3) is 0 Å². The predicted octanol–water partition coefficient (Wildman–Crippen LogP) is 3.36. The highest BCUT2D eigenvalue weighted by molar-refractivity contribution is 5.93. The minimum atomic E-state index is -0.704. The van der Waals surface area contributed by atoms with Crippen molar-refractivity contribution in [3.8, 4) is 5.75 Å². The Balaban J connectivity index is 0.00000326. The van der Waals surface area contributed by atoms with Crippen LogP contribution in [-0.2, 0) is 4.74 Å². The Morgan fingerprint density at radius 1 is 1.26 bits per heavy atom. The van der Waals surface area contributed by atoms with Crippen LogP contribution in [0.5, 0.6) is 5.75 Å². The molecule has 0 aliphatic carbocycles. The Bertz CT molecular complexity index is 655. The summed E-state index contributed by atoms with van der Waals surface area (Å²) in [6.07, 6.45) is -0.0394. The third-order valence-electron chi connectivity index (χ3n) is 3.04. The smallest absolute Gasteiger partial charge is 0.410 e. The fourth-order valence-corrected chi connectivity index (χ4v) is 1.85. The number of primary amides is 1. The largest absolute Gasteiger partial charge is 0.487 e. The molecule has 0 saturated heterocycles. The molecule has 0 fully saturated rings. The average molecular weight is 383 g/mol. The summed E-state index contributed by atoms with van der Waals surface area (Å²) in [7, 11) is 1.59. The van der Waals surface area contributed by atoms with Gasteiger partial charge in [0.05, 0.1) is 11.5 Å². The molecule has 0 heterocycles. The lowest BCUT2D eigenvalue weighted by Gasteiger charge is -2.24. The highest BCUT2D eigenvalue weighted by atomic mass is 16.6. The Morgan fingerprint density at radius 2 is 1.85 bits per heavy atom. The van der Waals surface area contributed by atoms with Crippen molar-refractivity contribution in [1.82, 2.24) is 4.90 Å². The SMILES string of the molecule is CC.CN(CCCOc1cc(C(N)=O)ccc1[N+](=O)[O-])C(=O)OC(C)(C)C. The molecule has 0 aromatic heterocycles. The summed E-state index contributed by atoms with van der Waals surface area (Å²) >= 11 is 0. The first-order chi connectivity index (χ1) is 12.5. The molecular weight excluding hydrogens is 354 g/mol. The first-order valence-electron chi connectivity index (χ1n) is 8.66. The van der Waals surface area contributed by atoms with E-state index >= 15 is 0 Å². The number of ether oxygens (including phenoxy) is 2. The molecule has 2 N–H and O–H groups in total. The molecule has 2 amide bonds. The van der Waals surface area contributed by atoms with E-state index in [2.05, 4.69) is 0 Å². The molecule has 0 atom stereocenters. The van der Waals surface area contributed by atoms with Gasteiger partial charge in [0, 0.05) is 31.3 Å². The van der Waals surface area contributed by atoms with Gasteiger partial charge in [-0.25, -0.2) is 4.79 Å². The number of benzene rings is 1. The number of carbonyl (C=O) groups excluding carboxylic acids is 2. The van der Waals surface area contributed by atoms with Crippen molar-refractivity contribution >= 4 is 17.7 Å². The van der Waals surface area contributed by atoms with Crippen molar-refractivity contribution in [2.75, 3.05) is 20.2 Å². The highest BCUT2D eigenvalue weighted by Crippen LogP contribution is 2.28. The molecule has 0 aliphatic rings. The van der Waals surface area contributed by atoms with Crippen LogP contribution in [0.1, 0.15) is 51.4 Å². The van der Waals surface area contributed by atoms with E-state index in [1.54, 1.807) is 27.8 Å². The maximum atomic E-state index is 11.8. The zero-order chi connectivity index (χ0) is 21.2. The molecule has 152 valence electrons. The molecule has 0 unspecified atom stereocenters.